The first-order valence-electron chi connectivity index (χ1n) is 7.29. The minimum Gasteiger partial charge on any atom is -0.486 e. The standard InChI is InChI=1S/C16H18N2O4/c17-16(20)12-5-6-18(10-12)15(19)4-2-11-1-3-13-14(9-11)22-8-7-21-13/h1-4,9,12H,5-8,10H2,(H2,17,20). The number of ether oxygens (including phenoxy) is 2. The molecular weight excluding hydrogens is 284 g/mol. The molecule has 0 bridgehead atoms. The number of rotatable bonds is 3. The summed E-state index contributed by atoms with van der Waals surface area (Å²) in [7, 11) is 0. The van der Waals surface area contributed by atoms with Gasteiger partial charge in [0.25, 0.3) is 0 Å². The second-order valence-electron chi connectivity index (χ2n) is 5.41. The molecule has 2 aliphatic heterocycles. The van der Waals surface area contributed by atoms with Gasteiger partial charge in [0, 0.05) is 19.2 Å². The first-order valence-corrected chi connectivity index (χ1v) is 7.29. The molecule has 6 heteroatoms. The summed E-state index contributed by atoms with van der Waals surface area (Å²) in [5.41, 5.74) is 6.13. The van der Waals surface area contributed by atoms with Crippen molar-refractivity contribution in [3.8, 4) is 11.5 Å². The van der Waals surface area contributed by atoms with Gasteiger partial charge in [0.15, 0.2) is 11.5 Å². The van der Waals surface area contributed by atoms with Crippen molar-refractivity contribution in [3.05, 3.63) is 29.8 Å². The number of primary amides is 1. The minimum absolute atomic E-state index is 0.112. The third kappa shape index (κ3) is 3.05. The van der Waals surface area contributed by atoms with Crippen molar-refractivity contribution >= 4 is 17.9 Å². The van der Waals surface area contributed by atoms with E-state index in [2.05, 4.69) is 0 Å². The molecule has 116 valence electrons. The molecule has 2 aliphatic rings. The third-order valence-electron chi connectivity index (χ3n) is 3.89. The van der Waals surface area contributed by atoms with E-state index in [0.29, 0.717) is 38.5 Å². The van der Waals surface area contributed by atoms with E-state index < -0.39 is 0 Å². The summed E-state index contributed by atoms with van der Waals surface area (Å²) in [4.78, 5) is 24.9. The van der Waals surface area contributed by atoms with Gasteiger partial charge in [0.05, 0.1) is 5.92 Å². The fourth-order valence-corrected chi connectivity index (χ4v) is 2.63. The molecule has 1 aromatic carbocycles. The summed E-state index contributed by atoms with van der Waals surface area (Å²) in [6.45, 7) is 2.05. The van der Waals surface area contributed by atoms with Crippen LogP contribution in [-0.2, 0) is 9.59 Å². The SMILES string of the molecule is NC(=O)C1CCN(C(=O)C=Cc2ccc3c(c2)OCCO3)C1. The molecule has 3 rings (SSSR count). The summed E-state index contributed by atoms with van der Waals surface area (Å²) >= 11 is 0. The number of carbonyl (C=O) groups is 2. The summed E-state index contributed by atoms with van der Waals surface area (Å²) in [6, 6.07) is 5.54. The molecule has 2 heterocycles. The lowest BCUT2D eigenvalue weighted by molar-refractivity contribution is -0.125. The molecule has 2 amide bonds. The number of hydrogen-bond donors (Lipinski definition) is 1. The summed E-state index contributed by atoms with van der Waals surface area (Å²) in [6.07, 6.45) is 3.88. The van der Waals surface area contributed by atoms with E-state index in [9.17, 15) is 9.59 Å². The van der Waals surface area contributed by atoms with Crippen LogP contribution in [0.15, 0.2) is 24.3 Å². The Bertz CT molecular complexity index is 627. The van der Waals surface area contributed by atoms with Crippen LogP contribution in [0.4, 0.5) is 0 Å². The number of amides is 2. The van der Waals surface area contributed by atoms with Crippen LogP contribution in [0.25, 0.3) is 6.08 Å². The van der Waals surface area contributed by atoms with Crippen LogP contribution >= 0.6 is 0 Å². The van der Waals surface area contributed by atoms with E-state index in [0.717, 1.165) is 11.3 Å². The predicted octanol–water partition coefficient (Wildman–Crippen LogP) is 0.805. The van der Waals surface area contributed by atoms with Crippen molar-refractivity contribution < 1.29 is 19.1 Å². The van der Waals surface area contributed by atoms with Gasteiger partial charge in [-0.1, -0.05) is 6.07 Å². The molecule has 6 nitrogen and oxygen atoms in total. The maximum absolute atomic E-state index is 12.1. The van der Waals surface area contributed by atoms with Crippen LogP contribution < -0.4 is 15.2 Å². The number of fused-ring (bicyclic) bond motifs is 1. The zero-order valence-corrected chi connectivity index (χ0v) is 12.2. The molecule has 2 N–H and O–H groups in total. The van der Waals surface area contributed by atoms with E-state index in [4.69, 9.17) is 15.2 Å². The molecular formula is C16H18N2O4. The molecule has 0 radical (unpaired) electrons. The molecule has 22 heavy (non-hydrogen) atoms. The Kier molecular flexibility index (Phi) is 4.00. The molecule has 0 aliphatic carbocycles. The van der Waals surface area contributed by atoms with Gasteiger partial charge in [-0.15, -0.1) is 0 Å². The molecule has 0 spiro atoms. The quantitative estimate of drug-likeness (QED) is 0.838. The van der Waals surface area contributed by atoms with Crippen molar-refractivity contribution in [2.75, 3.05) is 26.3 Å². The zero-order valence-electron chi connectivity index (χ0n) is 12.2. The summed E-state index contributed by atoms with van der Waals surface area (Å²) in [5.74, 6) is 0.728. The lowest BCUT2D eigenvalue weighted by atomic mass is 10.1. The normalized spacial score (nSPS) is 20.4. The Morgan fingerprint density at radius 1 is 1.23 bits per heavy atom. The third-order valence-corrected chi connectivity index (χ3v) is 3.89. The number of carbonyl (C=O) groups excluding carboxylic acids is 2. The zero-order chi connectivity index (χ0) is 15.5. The molecule has 1 unspecified atom stereocenters. The van der Waals surface area contributed by atoms with E-state index >= 15 is 0 Å². The molecule has 0 aromatic heterocycles. The van der Waals surface area contributed by atoms with Crippen LogP contribution in [0, 0.1) is 5.92 Å². The second-order valence-corrected chi connectivity index (χ2v) is 5.41. The van der Waals surface area contributed by atoms with Crippen molar-refractivity contribution in [3.63, 3.8) is 0 Å². The van der Waals surface area contributed by atoms with Gasteiger partial charge in [-0.2, -0.15) is 0 Å². The Hall–Kier alpha value is -2.50. The monoisotopic (exact) mass is 302 g/mol. The minimum atomic E-state index is -0.342. The Labute approximate surface area is 128 Å². The van der Waals surface area contributed by atoms with Gasteiger partial charge in [-0.25, -0.2) is 0 Å². The van der Waals surface area contributed by atoms with Gasteiger partial charge in [0.1, 0.15) is 13.2 Å². The first kappa shape index (κ1) is 14.4. The Morgan fingerprint density at radius 2 is 2.00 bits per heavy atom. The largest absolute Gasteiger partial charge is 0.486 e. The smallest absolute Gasteiger partial charge is 0.246 e. The Morgan fingerprint density at radius 3 is 2.73 bits per heavy atom. The van der Waals surface area contributed by atoms with Crippen molar-refractivity contribution in [1.29, 1.82) is 0 Å². The molecule has 1 fully saturated rings. The average Bonchev–Trinajstić information content (AvgIpc) is 3.03. The fraction of sp³-hybridized carbons (Fsp3) is 0.375. The second kappa shape index (κ2) is 6.09. The Balaban J connectivity index is 1.64. The van der Waals surface area contributed by atoms with E-state index in [1.54, 1.807) is 11.0 Å². The highest BCUT2D eigenvalue weighted by molar-refractivity contribution is 5.92. The van der Waals surface area contributed by atoms with Gasteiger partial charge in [0.2, 0.25) is 11.8 Å². The molecule has 1 atom stereocenters. The van der Waals surface area contributed by atoms with Crippen LogP contribution in [0.3, 0.4) is 0 Å². The number of hydrogen-bond acceptors (Lipinski definition) is 4. The van der Waals surface area contributed by atoms with Gasteiger partial charge in [-0.05, 0) is 30.2 Å². The highest BCUT2D eigenvalue weighted by Gasteiger charge is 2.28. The van der Waals surface area contributed by atoms with Crippen molar-refractivity contribution in [2.24, 2.45) is 11.7 Å². The number of likely N-dealkylation sites (tertiary alicyclic amines) is 1. The summed E-state index contributed by atoms with van der Waals surface area (Å²) < 4.78 is 11.0. The van der Waals surface area contributed by atoms with Crippen LogP contribution in [0.2, 0.25) is 0 Å². The van der Waals surface area contributed by atoms with Gasteiger partial charge < -0.3 is 20.1 Å². The van der Waals surface area contributed by atoms with Gasteiger partial charge >= 0.3 is 0 Å². The lowest BCUT2D eigenvalue weighted by Gasteiger charge is -2.18. The molecule has 1 aromatic rings. The average molecular weight is 302 g/mol. The number of nitrogens with two attached hydrogens (primary N) is 1. The predicted molar refractivity (Wildman–Crippen MR) is 80.3 cm³/mol. The fourth-order valence-electron chi connectivity index (χ4n) is 2.63. The van der Waals surface area contributed by atoms with E-state index in [1.807, 2.05) is 18.2 Å². The number of nitrogens with zero attached hydrogens (tertiary/aromatic N) is 1. The lowest BCUT2D eigenvalue weighted by Crippen LogP contribution is -2.30. The highest BCUT2D eigenvalue weighted by atomic mass is 16.6. The topological polar surface area (TPSA) is 81.9 Å². The van der Waals surface area contributed by atoms with E-state index in [-0.39, 0.29) is 17.7 Å². The van der Waals surface area contributed by atoms with E-state index in [1.165, 1.54) is 6.08 Å². The van der Waals surface area contributed by atoms with Crippen LogP contribution in [-0.4, -0.2) is 43.0 Å². The van der Waals surface area contributed by atoms with Crippen molar-refractivity contribution in [1.82, 2.24) is 4.90 Å². The maximum Gasteiger partial charge on any atom is 0.246 e. The molecule has 0 saturated carbocycles. The highest BCUT2D eigenvalue weighted by Crippen LogP contribution is 2.31. The van der Waals surface area contributed by atoms with Crippen molar-refractivity contribution in [2.45, 2.75) is 6.42 Å². The van der Waals surface area contributed by atoms with Crippen LogP contribution in [0.5, 0.6) is 11.5 Å². The van der Waals surface area contributed by atoms with Gasteiger partial charge in [-0.3, -0.25) is 9.59 Å². The summed E-state index contributed by atoms with van der Waals surface area (Å²) in [5, 5.41) is 0. The van der Waals surface area contributed by atoms with Crippen LogP contribution in [0.1, 0.15) is 12.0 Å². The maximum atomic E-state index is 12.1. The molecule has 1 saturated heterocycles. The number of benzene rings is 1. The first-order chi connectivity index (χ1) is 10.6.